The summed E-state index contributed by atoms with van der Waals surface area (Å²) in [6.45, 7) is 6.47. The molecule has 1 unspecified atom stereocenters. The maximum Gasteiger partial charge on any atom is 0.330 e. The number of aryl methyl sites for hydroxylation is 2. The van der Waals surface area contributed by atoms with Gasteiger partial charge in [-0.25, -0.2) is 4.79 Å². The monoisotopic (exact) mass is 402 g/mol. The van der Waals surface area contributed by atoms with Crippen LogP contribution in [0.3, 0.4) is 0 Å². The molecule has 0 spiro atoms. The number of methoxy groups -OCH3 is 1. The third-order valence-corrected chi connectivity index (χ3v) is 6.26. The second kappa shape index (κ2) is 8.88. The molecule has 2 aromatic carbocycles. The Morgan fingerprint density at radius 1 is 1.27 bits per heavy atom. The first-order chi connectivity index (χ1) is 14.6. The number of hydrogen-bond acceptors (Lipinski definition) is 3. The summed E-state index contributed by atoms with van der Waals surface area (Å²) in [4.78, 5) is 17.4. The first kappa shape index (κ1) is 20.4. The van der Waals surface area contributed by atoms with Gasteiger partial charge in [-0.3, -0.25) is 4.90 Å². The van der Waals surface area contributed by atoms with Crippen molar-refractivity contribution in [3.63, 3.8) is 0 Å². The van der Waals surface area contributed by atoms with E-state index < -0.39 is 0 Å². The van der Waals surface area contributed by atoms with E-state index in [1.165, 1.54) is 46.3 Å². The van der Waals surface area contributed by atoms with Crippen LogP contribution in [0.5, 0.6) is 0 Å². The maximum absolute atomic E-state index is 11.3. The van der Waals surface area contributed by atoms with Gasteiger partial charge in [0.15, 0.2) is 0 Å². The highest BCUT2D eigenvalue weighted by Crippen LogP contribution is 2.36. The van der Waals surface area contributed by atoms with Gasteiger partial charge in [-0.05, 0) is 72.7 Å². The number of nitrogens with zero attached hydrogens (tertiary/aromatic N) is 1. The van der Waals surface area contributed by atoms with Crippen molar-refractivity contribution < 1.29 is 9.53 Å². The van der Waals surface area contributed by atoms with Gasteiger partial charge in [-0.1, -0.05) is 37.3 Å². The molecule has 4 nitrogen and oxygen atoms in total. The molecule has 0 saturated heterocycles. The average molecular weight is 403 g/mol. The Kier molecular flexibility index (Phi) is 6.05. The molecule has 1 aliphatic carbocycles. The SMILES string of the molecule is CCN(CCc1c[nH]c2cc(C)ccc12)C1CCc2cc(/C=C/C(=O)OC)ccc21. The number of H-pyrrole nitrogens is 1. The molecule has 1 atom stereocenters. The van der Waals surface area contributed by atoms with E-state index in [4.69, 9.17) is 0 Å². The lowest BCUT2D eigenvalue weighted by Crippen LogP contribution is -2.29. The van der Waals surface area contributed by atoms with E-state index in [2.05, 4.69) is 71.1 Å². The standard InChI is InChI=1S/C26H30N2O2/c1-4-28(14-13-21-17-27-24-15-18(2)5-9-22(21)24)25-11-8-20-16-19(6-10-23(20)25)7-12-26(29)30-3/h5-7,9-10,12,15-17,25,27H,4,8,11,13-14H2,1-3H3/b12-7+. The molecular weight excluding hydrogens is 372 g/mol. The van der Waals surface area contributed by atoms with E-state index in [1.54, 1.807) is 0 Å². The van der Waals surface area contributed by atoms with Crippen molar-refractivity contribution in [2.45, 2.75) is 39.2 Å². The molecule has 0 fully saturated rings. The van der Waals surface area contributed by atoms with Crippen LogP contribution in [-0.4, -0.2) is 36.1 Å². The molecule has 156 valence electrons. The van der Waals surface area contributed by atoms with Crippen molar-refractivity contribution in [1.29, 1.82) is 0 Å². The molecule has 1 heterocycles. The molecule has 0 bridgehead atoms. The highest BCUT2D eigenvalue weighted by Gasteiger charge is 2.27. The molecule has 3 aromatic rings. The van der Waals surface area contributed by atoms with Gasteiger partial charge in [0.25, 0.3) is 0 Å². The third kappa shape index (κ3) is 4.19. The topological polar surface area (TPSA) is 45.3 Å². The summed E-state index contributed by atoms with van der Waals surface area (Å²) >= 11 is 0. The molecule has 1 aromatic heterocycles. The number of carbonyl (C=O) groups is 1. The minimum atomic E-state index is -0.321. The summed E-state index contributed by atoms with van der Waals surface area (Å²) in [6, 6.07) is 13.7. The van der Waals surface area contributed by atoms with Crippen LogP contribution >= 0.6 is 0 Å². The van der Waals surface area contributed by atoms with Crippen molar-refractivity contribution in [2.24, 2.45) is 0 Å². The van der Waals surface area contributed by atoms with Crippen LogP contribution in [0, 0.1) is 6.92 Å². The summed E-state index contributed by atoms with van der Waals surface area (Å²) in [5.74, 6) is -0.321. The number of aromatic amines is 1. The molecule has 1 N–H and O–H groups in total. The van der Waals surface area contributed by atoms with Gasteiger partial charge in [0, 0.05) is 35.8 Å². The van der Waals surface area contributed by atoms with Crippen molar-refractivity contribution >= 4 is 22.9 Å². The zero-order chi connectivity index (χ0) is 21.1. The van der Waals surface area contributed by atoms with E-state index in [1.807, 2.05) is 6.08 Å². The minimum Gasteiger partial charge on any atom is -0.466 e. The van der Waals surface area contributed by atoms with Crippen molar-refractivity contribution in [1.82, 2.24) is 9.88 Å². The van der Waals surface area contributed by atoms with E-state index in [0.29, 0.717) is 6.04 Å². The van der Waals surface area contributed by atoms with Crippen molar-refractivity contribution in [2.75, 3.05) is 20.2 Å². The van der Waals surface area contributed by atoms with E-state index in [0.717, 1.165) is 37.9 Å². The summed E-state index contributed by atoms with van der Waals surface area (Å²) in [7, 11) is 1.40. The molecule has 0 amide bonds. The van der Waals surface area contributed by atoms with Gasteiger partial charge in [-0.2, -0.15) is 0 Å². The maximum atomic E-state index is 11.3. The molecule has 4 rings (SSSR count). The fourth-order valence-electron chi connectivity index (χ4n) is 4.64. The zero-order valence-electron chi connectivity index (χ0n) is 18.1. The third-order valence-electron chi connectivity index (χ3n) is 6.26. The summed E-state index contributed by atoms with van der Waals surface area (Å²) in [6.07, 6.45) is 8.76. The van der Waals surface area contributed by atoms with Gasteiger partial charge < -0.3 is 9.72 Å². The highest BCUT2D eigenvalue weighted by molar-refractivity contribution is 5.87. The van der Waals surface area contributed by atoms with Crippen LogP contribution in [-0.2, 0) is 22.4 Å². The largest absolute Gasteiger partial charge is 0.466 e. The second-order valence-electron chi connectivity index (χ2n) is 8.11. The van der Waals surface area contributed by atoms with Crippen LogP contribution in [0.2, 0.25) is 0 Å². The number of esters is 1. The second-order valence-corrected chi connectivity index (χ2v) is 8.11. The van der Waals surface area contributed by atoms with Crippen molar-refractivity contribution in [3.05, 3.63) is 76.5 Å². The van der Waals surface area contributed by atoms with E-state index in [9.17, 15) is 4.79 Å². The molecule has 0 saturated carbocycles. The Morgan fingerprint density at radius 2 is 2.13 bits per heavy atom. The summed E-state index contributed by atoms with van der Waals surface area (Å²) < 4.78 is 4.68. The zero-order valence-corrected chi connectivity index (χ0v) is 18.1. The van der Waals surface area contributed by atoms with Crippen LogP contribution in [0.4, 0.5) is 0 Å². The Labute approximate surface area is 178 Å². The van der Waals surface area contributed by atoms with Crippen molar-refractivity contribution in [3.8, 4) is 0 Å². The predicted molar refractivity (Wildman–Crippen MR) is 123 cm³/mol. The molecule has 30 heavy (non-hydrogen) atoms. The number of benzene rings is 2. The van der Waals surface area contributed by atoms with Crippen LogP contribution < -0.4 is 0 Å². The number of rotatable bonds is 7. The van der Waals surface area contributed by atoms with Crippen LogP contribution in [0.15, 0.2) is 48.7 Å². The first-order valence-corrected chi connectivity index (χ1v) is 10.8. The Bertz CT molecular complexity index is 1080. The minimum absolute atomic E-state index is 0.321. The predicted octanol–water partition coefficient (Wildman–Crippen LogP) is 5.21. The lowest BCUT2D eigenvalue weighted by atomic mass is 10.0. The van der Waals surface area contributed by atoms with Crippen LogP contribution in [0.25, 0.3) is 17.0 Å². The number of ether oxygens (including phenoxy) is 1. The normalized spacial score (nSPS) is 15.9. The molecule has 0 radical (unpaired) electrons. The number of nitrogens with one attached hydrogen (secondary N) is 1. The molecular formula is C26H30N2O2. The fourth-order valence-corrected chi connectivity index (χ4v) is 4.64. The molecule has 1 aliphatic rings. The lowest BCUT2D eigenvalue weighted by Gasteiger charge is -2.28. The van der Waals surface area contributed by atoms with Gasteiger partial charge >= 0.3 is 5.97 Å². The molecule has 4 heteroatoms. The van der Waals surface area contributed by atoms with Crippen LogP contribution in [0.1, 0.15) is 47.2 Å². The van der Waals surface area contributed by atoms with Gasteiger partial charge in [0.05, 0.1) is 7.11 Å². The number of aromatic nitrogens is 1. The van der Waals surface area contributed by atoms with Gasteiger partial charge in [-0.15, -0.1) is 0 Å². The highest BCUT2D eigenvalue weighted by atomic mass is 16.5. The average Bonchev–Trinajstić information content (AvgIpc) is 3.36. The number of hydrogen-bond donors (Lipinski definition) is 1. The summed E-state index contributed by atoms with van der Waals surface area (Å²) in [5, 5.41) is 1.34. The first-order valence-electron chi connectivity index (χ1n) is 10.8. The Balaban J connectivity index is 1.47. The van der Waals surface area contributed by atoms with E-state index in [-0.39, 0.29) is 5.97 Å². The fraction of sp³-hybridized carbons (Fsp3) is 0.346. The van der Waals surface area contributed by atoms with Gasteiger partial charge in [0.1, 0.15) is 0 Å². The Morgan fingerprint density at radius 3 is 2.93 bits per heavy atom. The Hall–Kier alpha value is -2.85. The summed E-state index contributed by atoms with van der Waals surface area (Å²) in [5.41, 5.74) is 7.79. The lowest BCUT2D eigenvalue weighted by molar-refractivity contribution is -0.134. The number of fused-ring (bicyclic) bond motifs is 2. The smallest absolute Gasteiger partial charge is 0.330 e. The molecule has 0 aliphatic heterocycles. The van der Waals surface area contributed by atoms with E-state index >= 15 is 0 Å². The number of likely N-dealkylation sites (N-methyl/N-ethyl adjacent to an activating group) is 1. The number of carbonyl (C=O) groups excluding carboxylic acids is 1. The quantitative estimate of drug-likeness (QED) is 0.436. The van der Waals surface area contributed by atoms with Gasteiger partial charge in [0.2, 0.25) is 0 Å².